The first-order valence-electron chi connectivity index (χ1n) is 12.8. The van der Waals surface area contributed by atoms with Gasteiger partial charge in [0.25, 0.3) is 0 Å². The summed E-state index contributed by atoms with van der Waals surface area (Å²) in [4.78, 5) is 7.91. The SMILES string of the molecule is Cc1ccc(Sc2ccc(C3C(c4ccccn4)NC(=S)N3c3ccc(OC4CCCC4)cc3)o2)cc1. The van der Waals surface area contributed by atoms with Gasteiger partial charge in [-0.3, -0.25) is 4.98 Å². The molecule has 2 aromatic carbocycles. The van der Waals surface area contributed by atoms with Crippen LogP contribution in [0.2, 0.25) is 0 Å². The van der Waals surface area contributed by atoms with Gasteiger partial charge in [0, 0.05) is 16.8 Å². The Hall–Kier alpha value is -3.29. The maximum atomic E-state index is 6.44. The number of furan rings is 1. The summed E-state index contributed by atoms with van der Waals surface area (Å²) in [6, 6.07) is 26.4. The van der Waals surface area contributed by atoms with E-state index in [1.54, 1.807) is 11.8 Å². The van der Waals surface area contributed by atoms with E-state index >= 15 is 0 Å². The van der Waals surface area contributed by atoms with Crippen LogP contribution in [0.5, 0.6) is 5.75 Å². The van der Waals surface area contributed by atoms with Crippen LogP contribution in [-0.4, -0.2) is 16.2 Å². The number of rotatable bonds is 7. The van der Waals surface area contributed by atoms with Gasteiger partial charge in [0.2, 0.25) is 0 Å². The second-order valence-corrected chi connectivity index (χ2v) is 11.1. The van der Waals surface area contributed by atoms with Gasteiger partial charge in [0.15, 0.2) is 10.2 Å². The van der Waals surface area contributed by atoms with Gasteiger partial charge in [-0.1, -0.05) is 35.5 Å². The third kappa shape index (κ3) is 5.24. The Morgan fingerprint density at radius 1 is 0.973 bits per heavy atom. The van der Waals surface area contributed by atoms with Crippen molar-refractivity contribution >= 4 is 34.8 Å². The number of nitrogens with zero attached hydrogens (tertiary/aromatic N) is 2. The molecular weight excluding hydrogens is 498 g/mol. The minimum atomic E-state index is -0.184. The molecule has 2 aliphatic rings. The molecule has 1 aliphatic heterocycles. The molecule has 1 N–H and O–H groups in total. The molecule has 2 fully saturated rings. The van der Waals surface area contributed by atoms with Crippen LogP contribution in [0.15, 0.2) is 99.5 Å². The Labute approximate surface area is 227 Å². The lowest BCUT2D eigenvalue weighted by Gasteiger charge is -2.26. The fraction of sp³-hybridized carbons (Fsp3) is 0.267. The molecule has 5 nitrogen and oxygen atoms in total. The smallest absolute Gasteiger partial charge is 0.174 e. The molecule has 1 saturated heterocycles. The van der Waals surface area contributed by atoms with Crippen molar-refractivity contribution in [1.82, 2.24) is 10.3 Å². The summed E-state index contributed by atoms with van der Waals surface area (Å²) in [6.07, 6.45) is 6.92. The molecule has 37 heavy (non-hydrogen) atoms. The van der Waals surface area contributed by atoms with Crippen molar-refractivity contribution in [1.29, 1.82) is 0 Å². The second-order valence-electron chi connectivity index (χ2n) is 9.59. The molecule has 2 atom stereocenters. The lowest BCUT2D eigenvalue weighted by atomic mass is 10.0. The standard InChI is InChI=1S/C30H29N3O2S2/c1-20-9-15-24(16-10-20)37-27-18-17-26(35-27)29-28(25-8-4-5-19-31-25)32-30(36)33(29)21-11-13-23(14-12-21)34-22-6-2-3-7-22/h4-5,8-19,22,28-29H,2-3,6-7H2,1H3,(H,32,36). The van der Waals surface area contributed by atoms with Crippen LogP contribution < -0.4 is 15.0 Å². The summed E-state index contributed by atoms with van der Waals surface area (Å²) in [5, 5.41) is 4.99. The fourth-order valence-corrected chi connectivity index (χ4v) is 6.20. The molecule has 0 radical (unpaired) electrons. The van der Waals surface area contributed by atoms with Gasteiger partial charge in [-0.2, -0.15) is 0 Å². The summed E-state index contributed by atoms with van der Waals surface area (Å²) in [6.45, 7) is 2.09. The van der Waals surface area contributed by atoms with E-state index in [1.807, 2.05) is 42.6 Å². The average molecular weight is 528 g/mol. The molecule has 4 aromatic rings. The average Bonchev–Trinajstić information content (AvgIpc) is 3.67. The van der Waals surface area contributed by atoms with Crippen LogP contribution in [0, 0.1) is 6.92 Å². The number of benzene rings is 2. The number of anilines is 1. The molecule has 2 unspecified atom stereocenters. The molecule has 0 bridgehead atoms. The van der Waals surface area contributed by atoms with E-state index in [-0.39, 0.29) is 12.1 Å². The van der Waals surface area contributed by atoms with Crippen LogP contribution in [-0.2, 0) is 0 Å². The number of aryl methyl sites for hydroxylation is 1. The van der Waals surface area contributed by atoms with Crippen molar-refractivity contribution in [2.75, 3.05) is 4.90 Å². The van der Waals surface area contributed by atoms with Gasteiger partial charge in [-0.05, 0) is 105 Å². The van der Waals surface area contributed by atoms with Gasteiger partial charge in [0.1, 0.15) is 17.6 Å². The van der Waals surface area contributed by atoms with E-state index in [0.29, 0.717) is 11.2 Å². The highest BCUT2D eigenvalue weighted by molar-refractivity contribution is 7.99. The second kappa shape index (κ2) is 10.6. The maximum Gasteiger partial charge on any atom is 0.174 e. The van der Waals surface area contributed by atoms with Crippen molar-refractivity contribution in [3.8, 4) is 5.75 Å². The van der Waals surface area contributed by atoms with Gasteiger partial charge in [-0.15, -0.1) is 0 Å². The third-order valence-corrected chi connectivity index (χ3v) is 8.19. The summed E-state index contributed by atoms with van der Waals surface area (Å²) in [5.41, 5.74) is 3.15. The number of thiocarbonyl (C=S) groups is 1. The summed E-state index contributed by atoms with van der Waals surface area (Å²) >= 11 is 7.48. The van der Waals surface area contributed by atoms with Gasteiger partial charge in [0.05, 0.1) is 17.8 Å². The van der Waals surface area contributed by atoms with Crippen molar-refractivity contribution in [2.45, 2.75) is 60.8 Å². The topological polar surface area (TPSA) is 50.5 Å². The predicted octanol–water partition coefficient (Wildman–Crippen LogP) is 7.63. The Kier molecular flexibility index (Phi) is 6.89. The monoisotopic (exact) mass is 527 g/mol. The number of hydrogen-bond donors (Lipinski definition) is 1. The molecule has 6 rings (SSSR count). The lowest BCUT2D eigenvalue weighted by molar-refractivity contribution is 0.210. The first-order chi connectivity index (χ1) is 18.1. The molecule has 1 saturated carbocycles. The predicted molar refractivity (Wildman–Crippen MR) is 151 cm³/mol. The number of nitrogens with one attached hydrogen (secondary N) is 1. The highest BCUT2D eigenvalue weighted by atomic mass is 32.2. The first kappa shape index (κ1) is 24.1. The van der Waals surface area contributed by atoms with Gasteiger partial charge in [-0.25, -0.2) is 0 Å². The van der Waals surface area contributed by atoms with Gasteiger partial charge >= 0.3 is 0 Å². The molecule has 1 aliphatic carbocycles. The molecule has 3 heterocycles. The van der Waals surface area contributed by atoms with Crippen LogP contribution in [0.25, 0.3) is 0 Å². The van der Waals surface area contributed by atoms with Crippen molar-refractivity contribution in [2.24, 2.45) is 0 Å². The zero-order chi connectivity index (χ0) is 25.2. The fourth-order valence-electron chi connectivity index (χ4n) is 5.08. The number of ether oxygens (including phenoxy) is 1. The molecule has 188 valence electrons. The van der Waals surface area contributed by atoms with Crippen molar-refractivity contribution < 1.29 is 9.15 Å². The zero-order valence-corrected chi connectivity index (χ0v) is 22.3. The highest BCUT2D eigenvalue weighted by Crippen LogP contribution is 2.43. The largest absolute Gasteiger partial charge is 0.490 e. The highest BCUT2D eigenvalue weighted by Gasteiger charge is 2.42. The minimum Gasteiger partial charge on any atom is -0.490 e. The normalized spacial score (nSPS) is 19.8. The van der Waals surface area contributed by atoms with E-state index in [9.17, 15) is 0 Å². The number of pyridine rings is 1. The Morgan fingerprint density at radius 2 is 1.76 bits per heavy atom. The molecule has 0 amide bonds. The van der Waals surface area contributed by atoms with Crippen LogP contribution >= 0.6 is 24.0 Å². The van der Waals surface area contributed by atoms with E-state index < -0.39 is 0 Å². The maximum absolute atomic E-state index is 6.44. The Balaban J connectivity index is 1.30. The number of aromatic nitrogens is 1. The van der Waals surface area contributed by atoms with E-state index in [2.05, 4.69) is 64.6 Å². The van der Waals surface area contributed by atoms with Gasteiger partial charge < -0.3 is 19.4 Å². The third-order valence-electron chi connectivity index (χ3n) is 6.95. The van der Waals surface area contributed by atoms with Crippen molar-refractivity contribution in [3.05, 3.63) is 102 Å². The van der Waals surface area contributed by atoms with Crippen LogP contribution in [0.1, 0.15) is 54.8 Å². The minimum absolute atomic E-state index is 0.147. The van der Waals surface area contributed by atoms with E-state index in [1.165, 1.54) is 18.4 Å². The van der Waals surface area contributed by atoms with E-state index in [0.717, 1.165) is 45.7 Å². The summed E-state index contributed by atoms with van der Waals surface area (Å²) < 4.78 is 12.6. The Morgan fingerprint density at radius 3 is 2.49 bits per heavy atom. The first-order valence-corrected chi connectivity index (χ1v) is 14.0. The molecular formula is C30H29N3O2S2. The van der Waals surface area contributed by atoms with Crippen LogP contribution in [0.4, 0.5) is 5.69 Å². The van der Waals surface area contributed by atoms with Crippen LogP contribution in [0.3, 0.4) is 0 Å². The van der Waals surface area contributed by atoms with Crippen molar-refractivity contribution in [3.63, 3.8) is 0 Å². The zero-order valence-electron chi connectivity index (χ0n) is 20.7. The lowest BCUT2D eigenvalue weighted by Crippen LogP contribution is -2.29. The molecule has 0 spiro atoms. The molecule has 2 aromatic heterocycles. The summed E-state index contributed by atoms with van der Waals surface area (Å²) in [7, 11) is 0. The molecule has 7 heteroatoms. The number of hydrogen-bond acceptors (Lipinski definition) is 5. The quantitative estimate of drug-likeness (QED) is 0.248. The Bertz CT molecular complexity index is 1350. The summed E-state index contributed by atoms with van der Waals surface area (Å²) in [5.74, 6) is 1.74. The van der Waals surface area contributed by atoms with E-state index in [4.69, 9.17) is 21.4 Å².